The summed E-state index contributed by atoms with van der Waals surface area (Å²) in [5, 5.41) is 3.37. The first-order valence-corrected chi connectivity index (χ1v) is 6.40. The molecule has 0 amide bonds. The Kier molecular flexibility index (Phi) is 3.19. The summed E-state index contributed by atoms with van der Waals surface area (Å²) in [7, 11) is 0. The second-order valence-corrected chi connectivity index (χ2v) is 4.69. The molecule has 0 spiro atoms. The number of imidazole rings is 1. The second kappa shape index (κ2) is 4.99. The van der Waals surface area contributed by atoms with Crippen LogP contribution in [0.25, 0.3) is 11.3 Å². The molecule has 1 aliphatic rings. The third-order valence-electron chi connectivity index (χ3n) is 3.40. The average Bonchev–Trinajstić information content (AvgIpc) is 2.85. The van der Waals surface area contributed by atoms with Crippen LogP contribution in [0.1, 0.15) is 12.0 Å². The molecule has 5 heteroatoms. The van der Waals surface area contributed by atoms with Crippen molar-refractivity contribution in [3.63, 3.8) is 0 Å². The van der Waals surface area contributed by atoms with Crippen LogP contribution in [-0.4, -0.2) is 22.5 Å². The molecule has 0 aliphatic carbocycles. The summed E-state index contributed by atoms with van der Waals surface area (Å²) < 4.78 is 26.6. The summed E-state index contributed by atoms with van der Waals surface area (Å²) in [4.78, 5) is 4.00. The molecule has 0 fully saturated rings. The summed E-state index contributed by atoms with van der Waals surface area (Å²) in [5.74, 6) is 0. The topological polar surface area (TPSA) is 29.9 Å². The lowest BCUT2D eigenvalue weighted by Gasteiger charge is -2.21. The Bertz CT molecular complexity index is 578. The number of aryl methyl sites for hydroxylation is 1. The number of alkyl halides is 2. The van der Waals surface area contributed by atoms with Gasteiger partial charge in [-0.25, -0.2) is 13.8 Å². The first-order chi connectivity index (χ1) is 9.25. The minimum Gasteiger partial charge on any atom is -0.384 e. The van der Waals surface area contributed by atoms with E-state index in [-0.39, 0.29) is 6.54 Å². The number of benzene rings is 1. The van der Waals surface area contributed by atoms with Crippen LogP contribution >= 0.6 is 0 Å². The van der Waals surface area contributed by atoms with Gasteiger partial charge in [0.2, 0.25) is 0 Å². The molecule has 0 bridgehead atoms. The van der Waals surface area contributed by atoms with Gasteiger partial charge in [-0.05, 0) is 18.4 Å². The van der Waals surface area contributed by atoms with Crippen molar-refractivity contribution in [1.29, 1.82) is 0 Å². The standard InChI is InChI=1S/C14H15F2N3/c15-13(16)8-19-9-17-7-12(19)11-5-1-3-10-4-2-6-18-14(10)11/h1,3,5,7,9,13,18H,2,4,6,8H2. The zero-order valence-corrected chi connectivity index (χ0v) is 10.4. The van der Waals surface area contributed by atoms with Crippen LogP contribution in [0.15, 0.2) is 30.7 Å². The van der Waals surface area contributed by atoms with E-state index in [2.05, 4.69) is 16.4 Å². The number of aromatic nitrogens is 2. The zero-order valence-electron chi connectivity index (χ0n) is 10.4. The lowest BCUT2D eigenvalue weighted by atomic mass is 9.98. The molecule has 3 rings (SSSR count). The maximum atomic E-state index is 12.6. The van der Waals surface area contributed by atoms with E-state index in [9.17, 15) is 8.78 Å². The molecule has 3 nitrogen and oxygen atoms in total. The highest BCUT2D eigenvalue weighted by Gasteiger charge is 2.17. The van der Waals surface area contributed by atoms with E-state index in [4.69, 9.17) is 0 Å². The van der Waals surface area contributed by atoms with Crippen LogP contribution in [0, 0.1) is 0 Å². The SMILES string of the molecule is FC(F)Cn1cncc1-c1cccc2c1NCCC2. The van der Waals surface area contributed by atoms with Gasteiger partial charge in [0.05, 0.1) is 24.8 Å². The van der Waals surface area contributed by atoms with E-state index in [0.29, 0.717) is 0 Å². The van der Waals surface area contributed by atoms with Crippen molar-refractivity contribution < 1.29 is 8.78 Å². The monoisotopic (exact) mass is 263 g/mol. The first kappa shape index (κ1) is 12.1. The van der Waals surface area contributed by atoms with Crippen LogP contribution < -0.4 is 5.32 Å². The molecule has 0 saturated heterocycles. The summed E-state index contributed by atoms with van der Waals surface area (Å²) in [6, 6.07) is 6.01. The molecule has 2 aromatic rings. The highest BCUT2D eigenvalue weighted by atomic mass is 19.3. The summed E-state index contributed by atoms with van der Waals surface area (Å²) in [6.07, 6.45) is 2.87. The van der Waals surface area contributed by atoms with E-state index < -0.39 is 6.43 Å². The molecule has 1 aromatic carbocycles. The van der Waals surface area contributed by atoms with Crippen molar-refractivity contribution in [1.82, 2.24) is 9.55 Å². The minimum absolute atomic E-state index is 0.320. The van der Waals surface area contributed by atoms with Gasteiger partial charge >= 0.3 is 0 Å². The smallest absolute Gasteiger partial charge is 0.256 e. The number of nitrogens with zero attached hydrogens (tertiary/aromatic N) is 2. The van der Waals surface area contributed by atoms with Gasteiger partial charge in [-0.1, -0.05) is 18.2 Å². The number of anilines is 1. The van der Waals surface area contributed by atoms with Crippen LogP contribution in [0.3, 0.4) is 0 Å². The third kappa shape index (κ3) is 2.32. The number of hydrogen-bond acceptors (Lipinski definition) is 2. The predicted octanol–water partition coefficient (Wildman–Crippen LogP) is 3.17. The summed E-state index contributed by atoms with van der Waals surface area (Å²) in [6.45, 7) is 0.603. The Hall–Kier alpha value is -1.91. The van der Waals surface area contributed by atoms with Crippen molar-refractivity contribution in [2.45, 2.75) is 25.8 Å². The molecule has 1 aliphatic heterocycles. The third-order valence-corrected chi connectivity index (χ3v) is 3.40. The maximum absolute atomic E-state index is 12.6. The molecular weight excluding hydrogens is 248 g/mol. The Morgan fingerprint density at radius 3 is 3.11 bits per heavy atom. The Morgan fingerprint density at radius 1 is 1.37 bits per heavy atom. The van der Waals surface area contributed by atoms with Crippen molar-refractivity contribution in [3.8, 4) is 11.3 Å². The number of nitrogens with one attached hydrogen (secondary N) is 1. The fraction of sp³-hybridized carbons (Fsp3) is 0.357. The van der Waals surface area contributed by atoms with Crippen molar-refractivity contribution in [2.75, 3.05) is 11.9 Å². The van der Waals surface area contributed by atoms with Gasteiger partial charge in [0.25, 0.3) is 6.43 Å². The van der Waals surface area contributed by atoms with Gasteiger partial charge in [0.1, 0.15) is 0 Å². The molecule has 0 radical (unpaired) electrons. The minimum atomic E-state index is -2.37. The number of rotatable bonds is 3. The fourth-order valence-electron chi connectivity index (χ4n) is 2.56. The predicted molar refractivity (Wildman–Crippen MR) is 70.5 cm³/mol. The summed E-state index contributed by atoms with van der Waals surface area (Å²) >= 11 is 0. The van der Waals surface area contributed by atoms with E-state index in [0.717, 1.165) is 36.3 Å². The van der Waals surface area contributed by atoms with Gasteiger partial charge in [-0.15, -0.1) is 0 Å². The van der Waals surface area contributed by atoms with Gasteiger partial charge in [-0.3, -0.25) is 0 Å². The van der Waals surface area contributed by atoms with E-state index in [1.165, 1.54) is 16.5 Å². The largest absolute Gasteiger partial charge is 0.384 e. The van der Waals surface area contributed by atoms with Crippen LogP contribution in [-0.2, 0) is 13.0 Å². The van der Waals surface area contributed by atoms with Gasteiger partial charge in [-0.2, -0.15) is 0 Å². The van der Waals surface area contributed by atoms with Crippen LogP contribution in [0.4, 0.5) is 14.5 Å². The number of hydrogen-bond donors (Lipinski definition) is 1. The molecule has 1 aromatic heterocycles. The van der Waals surface area contributed by atoms with Crippen molar-refractivity contribution in [2.24, 2.45) is 0 Å². The second-order valence-electron chi connectivity index (χ2n) is 4.69. The molecule has 1 N–H and O–H groups in total. The molecule has 0 unspecified atom stereocenters. The maximum Gasteiger partial charge on any atom is 0.256 e. The summed E-state index contributed by atoms with van der Waals surface area (Å²) in [5.41, 5.74) is 4.00. The highest BCUT2D eigenvalue weighted by Crippen LogP contribution is 2.33. The van der Waals surface area contributed by atoms with Gasteiger partial charge in [0.15, 0.2) is 0 Å². The quantitative estimate of drug-likeness (QED) is 0.921. The molecule has 19 heavy (non-hydrogen) atoms. The Balaban J connectivity index is 2.05. The lowest BCUT2D eigenvalue weighted by molar-refractivity contribution is 0.127. The molecule has 2 heterocycles. The number of halogens is 2. The van der Waals surface area contributed by atoms with E-state index >= 15 is 0 Å². The average molecular weight is 263 g/mol. The van der Waals surface area contributed by atoms with Gasteiger partial charge in [0, 0.05) is 17.8 Å². The lowest BCUT2D eigenvalue weighted by Crippen LogP contribution is -2.14. The number of fused-ring (bicyclic) bond motifs is 1. The molecule has 0 atom stereocenters. The highest BCUT2D eigenvalue weighted by molar-refractivity contribution is 5.78. The normalized spacial score (nSPS) is 14.3. The molecule has 0 saturated carbocycles. The molecular formula is C14H15F2N3. The van der Waals surface area contributed by atoms with E-state index in [1.807, 2.05) is 12.1 Å². The van der Waals surface area contributed by atoms with Gasteiger partial charge < -0.3 is 9.88 Å². The zero-order chi connectivity index (χ0) is 13.2. The first-order valence-electron chi connectivity index (χ1n) is 6.40. The fourth-order valence-corrected chi connectivity index (χ4v) is 2.56. The van der Waals surface area contributed by atoms with E-state index in [1.54, 1.807) is 6.20 Å². The van der Waals surface area contributed by atoms with Crippen molar-refractivity contribution in [3.05, 3.63) is 36.3 Å². The van der Waals surface area contributed by atoms with Crippen LogP contribution in [0.5, 0.6) is 0 Å². The number of para-hydroxylation sites is 1. The Morgan fingerprint density at radius 2 is 2.26 bits per heavy atom. The Labute approximate surface area is 110 Å². The van der Waals surface area contributed by atoms with Crippen molar-refractivity contribution >= 4 is 5.69 Å². The molecule has 100 valence electrons. The van der Waals surface area contributed by atoms with Crippen LogP contribution in [0.2, 0.25) is 0 Å².